The van der Waals surface area contributed by atoms with Gasteiger partial charge < -0.3 is 21.3 Å². The molecule has 0 bridgehead atoms. The molecule has 1 aromatic rings. The first-order valence-electron chi connectivity index (χ1n) is 6.33. The lowest BCUT2D eigenvalue weighted by Crippen LogP contribution is -2.35. The lowest BCUT2D eigenvalue weighted by molar-refractivity contribution is -0.120. The lowest BCUT2D eigenvalue weighted by atomic mass is 10.3. The van der Waals surface area contributed by atoms with Crippen molar-refractivity contribution in [3.8, 4) is 0 Å². The molecule has 0 aliphatic heterocycles. The number of urea groups is 1. The van der Waals surface area contributed by atoms with Gasteiger partial charge in [-0.3, -0.25) is 4.79 Å². The van der Waals surface area contributed by atoms with Crippen molar-refractivity contribution in [2.75, 3.05) is 32.0 Å². The van der Waals surface area contributed by atoms with Crippen LogP contribution in [-0.2, 0) is 4.79 Å². The summed E-state index contributed by atoms with van der Waals surface area (Å²) < 4.78 is 0.946. The zero-order chi connectivity index (χ0) is 14.8. The summed E-state index contributed by atoms with van der Waals surface area (Å²) in [5.41, 5.74) is 0.698. The van der Waals surface area contributed by atoms with Crippen LogP contribution in [0, 0.1) is 0 Å². The number of hydrogen-bond donors (Lipinski definition) is 4. The Hall–Kier alpha value is -1.60. The number of benzene rings is 1. The number of hydrogen-bond acceptors (Lipinski definition) is 3. The van der Waals surface area contributed by atoms with E-state index in [2.05, 4.69) is 37.2 Å². The molecule has 7 heteroatoms. The Kier molecular flexibility index (Phi) is 7.67. The summed E-state index contributed by atoms with van der Waals surface area (Å²) in [6.45, 7) is 1.61. The molecule has 0 aliphatic rings. The quantitative estimate of drug-likeness (QED) is 0.563. The van der Waals surface area contributed by atoms with Gasteiger partial charge in [0, 0.05) is 36.2 Å². The predicted octanol–water partition coefficient (Wildman–Crippen LogP) is 1.30. The number of likely N-dealkylation sites (N-methyl/N-ethyl adjacent to an activating group) is 1. The number of carbonyl (C=O) groups excluding carboxylic acids is 2. The second-order valence-electron chi connectivity index (χ2n) is 4.09. The first kappa shape index (κ1) is 16.5. The highest BCUT2D eigenvalue weighted by atomic mass is 79.9. The van der Waals surface area contributed by atoms with Crippen LogP contribution in [-0.4, -0.2) is 38.6 Å². The summed E-state index contributed by atoms with van der Waals surface area (Å²) in [7, 11) is 1.82. The van der Waals surface area contributed by atoms with Gasteiger partial charge in [0.1, 0.15) is 0 Å². The molecule has 0 heterocycles. The van der Waals surface area contributed by atoms with Crippen LogP contribution in [0.15, 0.2) is 28.7 Å². The Balaban J connectivity index is 2.17. The first-order valence-corrected chi connectivity index (χ1v) is 7.13. The van der Waals surface area contributed by atoms with Gasteiger partial charge in [-0.2, -0.15) is 0 Å². The minimum atomic E-state index is -0.324. The fraction of sp³-hybridized carbons (Fsp3) is 0.385. The molecule has 0 radical (unpaired) electrons. The summed E-state index contributed by atoms with van der Waals surface area (Å²) >= 11 is 3.32. The normalized spacial score (nSPS) is 9.90. The molecule has 20 heavy (non-hydrogen) atoms. The van der Waals surface area contributed by atoms with Crippen LogP contribution in [0.25, 0.3) is 0 Å². The van der Waals surface area contributed by atoms with Gasteiger partial charge in [0.05, 0.1) is 0 Å². The molecule has 1 rings (SSSR count). The fourth-order valence-electron chi connectivity index (χ4n) is 1.41. The minimum Gasteiger partial charge on any atom is -0.355 e. The van der Waals surface area contributed by atoms with E-state index < -0.39 is 0 Å². The van der Waals surface area contributed by atoms with E-state index in [1.807, 2.05) is 19.2 Å². The minimum absolute atomic E-state index is 0.0795. The van der Waals surface area contributed by atoms with Gasteiger partial charge in [-0.25, -0.2) is 4.79 Å². The molecule has 0 aromatic heterocycles. The Morgan fingerprint density at radius 3 is 2.40 bits per heavy atom. The maximum atomic E-state index is 11.6. The highest BCUT2D eigenvalue weighted by Gasteiger charge is 2.03. The number of amides is 3. The molecule has 6 nitrogen and oxygen atoms in total. The van der Waals surface area contributed by atoms with Crippen molar-refractivity contribution in [3.05, 3.63) is 28.7 Å². The van der Waals surface area contributed by atoms with Gasteiger partial charge in [-0.05, 0) is 31.3 Å². The molecule has 110 valence electrons. The van der Waals surface area contributed by atoms with Gasteiger partial charge in [-0.1, -0.05) is 15.9 Å². The molecule has 0 atom stereocenters. The van der Waals surface area contributed by atoms with Crippen molar-refractivity contribution in [2.24, 2.45) is 0 Å². The van der Waals surface area contributed by atoms with Crippen molar-refractivity contribution in [1.82, 2.24) is 16.0 Å². The van der Waals surface area contributed by atoms with Crippen LogP contribution in [0.5, 0.6) is 0 Å². The summed E-state index contributed by atoms with van der Waals surface area (Å²) in [4.78, 5) is 22.9. The third-order valence-corrected chi connectivity index (χ3v) is 2.97. The lowest BCUT2D eigenvalue weighted by Gasteiger charge is -2.08. The molecule has 0 fully saturated rings. The third-order valence-electron chi connectivity index (χ3n) is 2.44. The molecular formula is C13H19BrN4O2. The van der Waals surface area contributed by atoms with Crippen molar-refractivity contribution in [2.45, 2.75) is 6.42 Å². The summed E-state index contributed by atoms with van der Waals surface area (Å²) in [5.74, 6) is -0.0795. The van der Waals surface area contributed by atoms with E-state index in [4.69, 9.17) is 0 Å². The van der Waals surface area contributed by atoms with Crippen LogP contribution >= 0.6 is 15.9 Å². The highest BCUT2D eigenvalue weighted by molar-refractivity contribution is 9.10. The Morgan fingerprint density at radius 1 is 1.05 bits per heavy atom. The molecule has 0 spiro atoms. The molecule has 3 amide bonds. The monoisotopic (exact) mass is 342 g/mol. The summed E-state index contributed by atoms with van der Waals surface area (Å²) in [6, 6.07) is 6.92. The van der Waals surface area contributed by atoms with Gasteiger partial charge in [0.25, 0.3) is 0 Å². The number of halogens is 1. The fourth-order valence-corrected chi connectivity index (χ4v) is 1.68. The molecule has 1 aromatic carbocycles. The van der Waals surface area contributed by atoms with E-state index in [-0.39, 0.29) is 18.4 Å². The van der Waals surface area contributed by atoms with E-state index in [1.165, 1.54) is 0 Å². The summed E-state index contributed by atoms with van der Waals surface area (Å²) in [5, 5.41) is 11.0. The topological polar surface area (TPSA) is 82.3 Å². The average molecular weight is 343 g/mol. The van der Waals surface area contributed by atoms with Crippen LogP contribution < -0.4 is 21.3 Å². The van der Waals surface area contributed by atoms with Crippen LogP contribution in [0.1, 0.15) is 6.42 Å². The third kappa shape index (κ3) is 7.10. The van der Waals surface area contributed by atoms with E-state index in [1.54, 1.807) is 12.1 Å². The Morgan fingerprint density at radius 2 is 1.75 bits per heavy atom. The Bertz CT molecular complexity index is 437. The predicted molar refractivity (Wildman–Crippen MR) is 82.7 cm³/mol. The SMILES string of the molecule is CNCCNC(=O)CCNC(=O)Nc1ccc(Br)cc1. The van der Waals surface area contributed by atoms with Gasteiger partial charge >= 0.3 is 6.03 Å². The maximum absolute atomic E-state index is 11.6. The summed E-state index contributed by atoms with van der Waals surface area (Å²) in [6.07, 6.45) is 0.261. The van der Waals surface area contributed by atoms with E-state index in [0.29, 0.717) is 18.8 Å². The van der Waals surface area contributed by atoms with E-state index in [0.717, 1.165) is 11.0 Å². The standard InChI is InChI=1S/C13H19BrN4O2/c1-15-8-9-16-12(19)6-7-17-13(20)18-11-4-2-10(14)3-5-11/h2-5,15H,6-9H2,1H3,(H,16,19)(H2,17,18,20). The molecule has 0 saturated heterocycles. The molecule has 0 aliphatic carbocycles. The molecule has 4 N–H and O–H groups in total. The molecule has 0 saturated carbocycles. The number of anilines is 1. The highest BCUT2D eigenvalue weighted by Crippen LogP contribution is 2.13. The number of carbonyl (C=O) groups is 2. The zero-order valence-electron chi connectivity index (χ0n) is 11.3. The maximum Gasteiger partial charge on any atom is 0.319 e. The van der Waals surface area contributed by atoms with Gasteiger partial charge in [0.2, 0.25) is 5.91 Å². The van der Waals surface area contributed by atoms with Crippen molar-refractivity contribution in [1.29, 1.82) is 0 Å². The smallest absolute Gasteiger partial charge is 0.319 e. The van der Waals surface area contributed by atoms with E-state index in [9.17, 15) is 9.59 Å². The van der Waals surface area contributed by atoms with E-state index >= 15 is 0 Å². The molecule has 0 unspecified atom stereocenters. The number of nitrogens with one attached hydrogen (secondary N) is 4. The second-order valence-corrected chi connectivity index (χ2v) is 5.01. The first-order chi connectivity index (χ1) is 9.61. The van der Waals surface area contributed by atoms with Crippen molar-refractivity contribution < 1.29 is 9.59 Å². The zero-order valence-corrected chi connectivity index (χ0v) is 12.9. The number of rotatable bonds is 7. The largest absolute Gasteiger partial charge is 0.355 e. The average Bonchev–Trinajstić information content (AvgIpc) is 2.42. The van der Waals surface area contributed by atoms with Crippen molar-refractivity contribution in [3.63, 3.8) is 0 Å². The second kappa shape index (κ2) is 9.33. The van der Waals surface area contributed by atoms with Gasteiger partial charge in [-0.15, -0.1) is 0 Å². The van der Waals surface area contributed by atoms with Gasteiger partial charge in [0.15, 0.2) is 0 Å². The van der Waals surface area contributed by atoms with Crippen LogP contribution in [0.2, 0.25) is 0 Å². The molecular weight excluding hydrogens is 324 g/mol. The van der Waals surface area contributed by atoms with Crippen LogP contribution in [0.3, 0.4) is 0 Å². The van der Waals surface area contributed by atoms with Crippen molar-refractivity contribution >= 4 is 33.6 Å². The Labute approximate surface area is 126 Å². The van der Waals surface area contributed by atoms with Crippen LogP contribution in [0.4, 0.5) is 10.5 Å².